The number of fused-ring (bicyclic) bond motifs is 1. The Bertz CT molecular complexity index is 2080. The summed E-state index contributed by atoms with van der Waals surface area (Å²) in [5.74, 6) is -1.83. The Balaban J connectivity index is 1.21. The van der Waals surface area contributed by atoms with E-state index in [2.05, 4.69) is 21.1 Å². The first-order valence-electron chi connectivity index (χ1n) is 19.3. The number of carbonyl (C=O) groups is 4. The molecule has 3 aromatic carbocycles. The topological polar surface area (TPSA) is 181 Å². The fraction of sp³-hybridized carbons (Fsp3) is 0.395. The molecule has 2 fully saturated rings. The average molecular weight is 875 g/mol. The number of hydrogen-bond acceptors (Lipinski definition) is 14. The number of oxime groups is 1. The second kappa shape index (κ2) is 18.3. The van der Waals surface area contributed by atoms with E-state index in [1.54, 1.807) is 46.9 Å². The zero-order chi connectivity index (χ0) is 43.3. The van der Waals surface area contributed by atoms with Crippen LogP contribution in [0.1, 0.15) is 63.9 Å². The summed E-state index contributed by atoms with van der Waals surface area (Å²) in [5.41, 5.74) is -1.99. The van der Waals surface area contributed by atoms with Crippen LogP contribution in [0.4, 0.5) is 9.93 Å². The quantitative estimate of drug-likeness (QED) is 0.0292. The first-order valence-corrected chi connectivity index (χ1v) is 22.3. The number of aromatic nitrogens is 1. The minimum absolute atomic E-state index is 0.172. The van der Waals surface area contributed by atoms with Gasteiger partial charge < -0.3 is 35.4 Å². The first kappa shape index (κ1) is 44.5. The molecule has 4 atom stereocenters. The minimum Gasteiger partial charge on any atom is -0.456 e. The van der Waals surface area contributed by atoms with E-state index in [1.807, 2.05) is 91.0 Å². The molecule has 3 amide bonds. The molecule has 3 heterocycles. The van der Waals surface area contributed by atoms with Crippen molar-refractivity contribution in [2.75, 3.05) is 30.5 Å². The van der Waals surface area contributed by atoms with Gasteiger partial charge in [-0.05, 0) is 58.2 Å². The van der Waals surface area contributed by atoms with E-state index in [0.717, 1.165) is 21.6 Å². The van der Waals surface area contributed by atoms with Crippen LogP contribution in [-0.4, -0.2) is 103 Å². The number of nitrogens with one attached hydrogen (secondary N) is 3. The monoisotopic (exact) mass is 874 g/mol. The van der Waals surface area contributed by atoms with Crippen molar-refractivity contribution in [1.29, 1.82) is 0 Å². The number of nitrogens with zero attached hydrogens (tertiary/aromatic N) is 3. The van der Waals surface area contributed by atoms with Crippen LogP contribution >= 0.6 is 34.9 Å². The van der Waals surface area contributed by atoms with Crippen molar-refractivity contribution in [2.45, 2.75) is 80.7 Å². The molecule has 2 saturated heterocycles. The van der Waals surface area contributed by atoms with Gasteiger partial charge in [-0.3, -0.25) is 14.5 Å². The van der Waals surface area contributed by atoms with Gasteiger partial charge in [-0.15, -0.1) is 34.9 Å². The van der Waals surface area contributed by atoms with Gasteiger partial charge in [0, 0.05) is 23.4 Å². The summed E-state index contributed by atoms with van der Waals surface area (Å²) >= 11 is 3.73. The molecule has 2 aliphatic heterocycles. The average Bonchev–Trinajstić information content (AvgIpc) is 3.67. The number of esters is 1. The Hall–Kier alpha value is -5.10. The zero-order valence-corrected chi connectivity index (χ0v) is 36.9. The molecule has 318 valence electrons. The van der Waals surface area contributed by atoms with E-state index in [4.69, 9.17) is 19.3 Å². The fourth-order valence-corrected chi connectivity index (χ4v) is 10.6. The number of rotatable bonds is 14. The maximum Gasteiger partial charge on any atom is 0.407 e. The van der Waals surface area contributed by atoms with Gasteiger partial charge in [-0.1, -0.05) is 96.2 Å². The molecule has 0 aliphatic carbocycles. The summed E-state index contributed by atoms with van der Waals surface area (Å²) in [7, 11) is 1.31. The highest BCUT2D eigenvalue weighted by atomic mass is 32.2. The van der Waals surface area contributed by atoms with Gasteiger partial charge in [0.1, 0.15) is 40.2 Å². The highest BCUT2D eigenvalue weighted by Gasteiger charge is 2.67. The molecule has 17 heteroatoms. The minimum atomic E-state index is -2.38. The predicted molar refractivity (Wildman–Crippen MR) is 235 cm³/mol. The number of benzene rings is 3. The third-order valence-corrected chi connectivity index (χ3v) is 13.2. The summed E-state index contributed by atoms with van der Waals surface area (Å²) in [6.07, 6.45) is -0.598. The molecular weight excluding hydrogens is 825 g/mol. The SMILES string of the molecule is CON=C(C(=O)NC1C(=O)N2C1CSC(SCCNC(=O)OC(C)(C)C)C2(O)C(=O)OC(C)(C)C)c1csc(NC(c2ccccc2)(c2ccccc2)c2ccccc2)n1. The Morgan fingerprint density at radius 3 is 1.97 bits per heavy atom. The Morgan fingerprint density at radius 2 is 1.45 bits per heavy atom. The number of aliphatic hydroxyl groups is 1. The van der Waals surface area contributed by atoms with Gasteiger partial charge in [0.15, 0.2) is 10.8 Å². The molecule has 2 aliphatic rings. The second-order valence-corrected chi connectivity index (χ2v) is 19.6. The third kappa shape index (κ3) is 9.59. The van der Waals surface area contributed by atoms with Crippen LogP contribution in [-0.2, 0) is 34.2 Å². The van der Waals surface area contributed by atoms with Crippen molar-refractivity contribution in [3.63, 3.8) is 0 Å². The number of hydrogen-bond donors (Lipinski definition) is 4. The molecule has 0 radical (unpaired) electrons. The Labute approximate surface area is 362 Å². The number of β-lactam (4-membered cyclic amide) rings is 1. The molecule has 4 N–H and O–H groups in total. The fourth-order valence-electron chi connectivity index (χ4n) is 6.94. The van der Waals surface area contributed by atoms with Crippen molar-refractivity contribution in [2.24, 2.45) is 5.16 Å². The summed E-state index contributed by atoms with van der Waals surface area (Å²) in [4.78, 5) is 64.9. The first-order chi connectivity index (χ1) is 28.5. The molecule has 1 aromatic heterocycles. The van der Waals surface area contributed by atoms with E-state index in [9.17, 15) is 24.3 Å². The molecule has 14 nitrogen and oxygen atoms in total. The summed E-state index contributed by atoms with van der Waals surface area (Å²) in [6.45, 7) is 10.4. The van der Waals surface area contributed by atoms with Crippen LogP contribution in [0.3, 0.4) is 0 Å². The smallest absolute Gasteiger partial charge is 0.407 e. The molecule has 0 spiro atoms. The summed E-state index contributed by atoms with van der Waals surface area (Å²) < 4.78 is 10.1. The number of thiazole rings is 1. The lowest BCUT2D eigenvalue weighted by atomic mass is 9.77. The van der Waals surface area contributed by atoms with Gasteiger partial charge in [0.05, 0.1) is 6.04 Å². The van der Waals surface area contributed by atoms with Crippen LogP contribution in [0.5, 0.6) is 0 Å². The maximum absolute atomic E-state index is 14.0. The lowest BCUT2D eigenvalue weighted by Crippen LogP contribution is -2.83. The predicted octanol–water partition coefficient (Wildman–Crippen LogP) is 5.95. The molecule has 0 saturated carbocycles. The van der Waals surface area contributed by atoms with Crippen molar-refractivity contribution in [3.8, 4) is 0 Å². The molecule has 60 heavy (non-hydrogen) atoms. The van der Waals surface area contributed by atoms with E-state index >= 15 is 0 Å². The molecule has 4 aromatic rings. The number of alkyl carbamates (subject to hydrolysis) is 1. The second-order valence-electron chi connectivity index (χ2n) is 16.1. The van der Waals surface area contributed by atoms with Crippen LogP contribution in [0, 0.1) is 0 Å². The number of anilines is 1. The van der Waals surface area contributed by atoms with Gasteiger partial charge in [-0.25, -0.2) is 14.6 Å². The number of ether oxygens (including phenoxy) is 2. The van der Waals surface area contributed by atoms with E-state index in [0.29, 0.717) is 10.9 Å². The van der Waals surface area contributed by atoms with Crippen LogP contribution in [0.2, 0.25) is 0 Å². The van der Waals surface area contributed by atoms with E-state index < -0.39 is 63.0 Å². The number of amides is 3. The van der Waals surface area contributed by atoms with Crippen molar-refractivity contribution >= 4 is 69.6 Å². The highest BCUT2D eigenvalue weighted by Crippen LogP contribution is 2.48. The van der Waals surface area contributed by atoms with Crippen molar-refractivity contribution < 1.29 is 38.6 Å². The molecule has 6 rings (SSSR count). The summed E-state index contributed by atoms with van der Waals surface area (Å²) in [5, 5.41) is 27.5. The molecule has 0 bridgehead atoms. The number of thioether (sulfide) groups is 2. The lowest BCUT2D eigenvalue weighted by Gasteiger charge is -2.58. The van der Waals surface area contributed by atoms with E-state index in [1.165, 1.54) is 42.0 Å². The highest BCUT2D eigenvalue weighted by molar-refractivity contribution is 8.17. The van der Waals surface area contributed by atoms with Gasteiger partial charge in [-0.2, -0.15) is 0 Å². The van der Waals surface area contributed by atoms with Gasteiger partial charge in [0.25, 0.3) is 11.6 Å². The van der Waals surface area contributed by atoms with E-state index in [-0.39, 0.29) is 23.7 Å². The largest absolute Gasteiger partial charge is 0.456 e. The number of carbonyl (C=O) groups excluding carboxylic acids is 4. The maximum atomic E-state index is 14.0. The van der Waals surface area contributed by atoms with Crippen LogP contribution in [0.15, 0.2) is 102 Å². The van der Waals surface area contributed by atoms with Crippen molar-refractivity contribution in [1.82, 2.24) is 20.5 Å². The Kier molecular flexibility index (Phi) is 13.5. The van der Waals surface area contributed by atoms with Crippen LogP contribution in [0.25, 0.3) is 0 Å². The van der Waals surface area contributed by atoms with Crippen molar-refractivity contribution in [3.05, 3.63) is 119 Å². The normalized spacial score (nSPS) is 20.6. The molecular formula is C43H50N6O8S3. The zero-order valence-electron chi connectivity index (χ0n) is 34.5. The molecule has 4 unspecified atom stereocenters. The lowest BCUT2D eigenvalue weighted by molar-refractivity contribution is -0.217. The Morgan fingerprint density at radius 1 is 0.900 bits per heavy atom. The van der Waals surface area contributed by atoms with Gasteiger partial charge in [0.2, 0.25) is 5.91 Å². The van der Waals surface area contributed by atoms with Crippen LogP contribution < -0.4 is 16.0 Å². The summed E-state index contributed by atoms with van der Waals surface area (Å²) in [6, 6.07) is 28.2. The standard InChI is InChI=1S/C43H50N6O8S3/c1-40(2,3)56-36(52)43(54)37(58-24-23-44-39(53)57-41(4,5)6)59-26-31-33(35(51)49(31)43)46-34(50)32(48-55-7)30-25-60-38(45-30)47-42(27-17-11-8-12-18-27,28-19-13-9-14-20-28)29-21-15-10-16-22-29/h8-22,25,31,33,37,54H,23-24,26H2,1-7H3,(H,44,53)(H,45,47)(H,46,50). The van der Waals surface area contributed by atoms with Gasteiger partial charge >= 0.3 is 12.1 Å². The third-order valence-electron chi connectivity index (χ3n) is 9.42.